The molecule has 3 nitrogen and oxygen atoms in total. The highest BCUT2D eigenvalue weighted by atomic mass is 19.4. The third-order valence-electron chi connectivity index (χ3n) is 2.48. The molecule has 0 unspecified atom stereocenters. The van der Waals surface area contributed by atoms with Gasteiger partial charge in [0.1, 0.15) is 5.82 Å². The van der Waals surface area contributed by atoms with Gasteiger partial charge in [-0.1, -0.05) is 0 Å². The molecule has 0 aromatic carbocycles. The molecule has 0 amide bonds. The van der Waals surface area contributed by atoms with E-state index in [1.54, 1.807) is 0 Å². The van der Waals surface area contributed by atoms with E-state index in [1.807, 2.05) is 0 Å². The van der Waals surface area contributed by atoms with Crippen LogP contribution in [0.25, 0.3) is 0 Å². The number of hydrogen-bond donors (Lipinski definition) is 2. The van der Waals surface area contributed by atoms with Crippen molar-refractivity contribution in [3.63, 3.8) is 0 Å². The SMILES string of the molecule is Nc1ncc(C(F)(F)F)c(C2CC2)c1N. The van der Waals surface area contributed by atoms with Gasteiger partial charge in [0, 0.05) is 6.20 Å². The van der Waals surface area contributed by atoms with Gasteiger partial charge in [-0.2, -0.15) is 13.2 Å². The first-order valence-electron chi connectivity index (χ1n) is 4.52. The maximum absolute atomic E-state index is 12.6. The van der Waals surface area contributed by atoms with E-state index in [-0.39, 0.29) is 23.0 Å². The Bertz CT molecular complexity index is 396. The Labute approximate surface area is 84.3 Å². The topological polar surface area (TPSA) is 64.9 Å². The molecule has 0 radical (unpaired) electrons. The number of nitrogens with two attached hydrogens (primary N) is 2. The van der Waals surface area contributed by atoms with Crippen LogP contribution < -0.4 is 11.5 Å². The van der Waals surface area contributed by atoms with Gasteiger partial charge in [-0.05, 0) is 24.3 Å². The summed E-state index contributed by atoms with van der Waals surface area (Å²) in [6, 6.07) is 0. The molecule has 0 bridgehead atoms. The van der Waals surface area contributed by atoms with Gasteiger partial charge in [-0.3, -0.25) is 0 Å². The zero-order valence-corrected chi connectivity index (χ0v) is 7.80. The number of rotatable bonds is 1. The highest BCUT2D eigenvalue weighted by Crippen LogP contribution is 2.48. The van der Waals surface area contributed by atoms with Crippen molar-refractivity contribution in [2.45, 2.75) is 24.9 Å². The molecule has 1 fully saturated rings. The van der Waals surface area contributed by atoms with E-state index in [0.29, 0.717) is 0 Å². The van der Waals surface area contributed by atoms with Crippen LogP contribution >= 0.6 is 0 Å². The second kappa shape index (κ2) is 3.01. The predicted molar refractivity (Wildman–Crippen MR) is 50.0 cm³/mol. The van der Waals surface area contributed by atoms with Crippen molar-refractivity contribution < 1.29 is 13.2 Å². The highest BCUT2D eigenvalue weighted by molar-refractivity contribution is 5.67. The van der Waals surface area contributed by atoms with Crippen molar-refractivity contribution in [1.29, 1.82) is 0 Å². The Morgan fingerprint density at radius 1 is 1.27 bits per heavy atom. The fourth-order valence-electron chi connectivity index (χ4n) is 1.59. The molecule has 1 aromatic heterocycles. The van der Waals surface area contributed by atoms with Crippen LogP contribution in [0.15, 0.2) is 6.20 Å². The van der Waals surface area contributed by atoms with Crippen molar-refractivity contribution in [3.8, 4) is 0 Å². The average Bonchev–Trinajstić information content (AvgIpc) is 2.90. The lowest BCUT2D eigenvalue weighted by Crippen LogP contribution is -2.13. The minimum Gasteiger partial charge on any atom is -0.396 e. The first kappa shape index (κ1) is 10.1. The number of nitrogens with zero attached hydrogens (tertiary/aromatic N) is 1. The van der Waals surface area contributed by atoms with Gasteiger partial charge in [0.2, 0.25) is 0 Å². The molecule has 6 heteroatoms. The molecule has 1 aliphatic carbocycles. The first-order chi connectivity index (χ1) is 6.91. The summed E-state index contributed by atoms with van der Waals surface area (Å²) in [5.74, 6) is -0.128. The minimum atomic E-state index is -4.41. The Morgan fingerprint density at radius 3 is 2.33 bits per heavy atom. The fraction of sp³-hybridized carbons (Fsp3) is 0.444. The third kappa shape index (κ3) is 1.71. The summed E-state index contributed by atoms with van der Waals surface area (Å²) in [4.78, 5) is 3.45. The van der Waals surface area contributed by atoms with E-state index < -0.39 is 11.7 Å². The molecule has 0 saturated heterocycles. The number of pyridine rings is 1. The molecule has 0 spiro atoms. The van der Waals surface area contributed by atoms with Gasteiger partial charge >= 0.3 is 6.18 Å². The Balaban J connectivity index is 2.59. The van der Waals surface area contributed by atoms with E-state index in [9.17, 15) is 13.2 Å². The molecule has 1 aliphatic rings. The summed E-state index contributed by atoms with van der Waals surface area (Å²) in [7, 11) is 0. The number of hydrogen-bond acceptors (Lipinski definition) is 3. The quantitative estimate of drug-likeness (QED) is 0.757. The van der Waals surface area contributed by atoms with Crippen LogP contribution in [0.4, 0.5) is 24.7 Å². The molecule has 0 atom stereocenters. The van der Waals surface area contributed by atoms with Gasteiger partial charge < -0.3 is 11.5 Å². The standard InChI is InChI=1S/C9H10F3N3/c10-9(11,12)5-3-15-8(14)7(13)6(5)4-1-2-4/h3-4H,1-2,13H2,(H2,14,15). The second-order valence-corrected chi connectivity index (χ2v) is 3.66. The Hall–Kier alpha value is -1.46. The molecule has 15 heavy (non-hydrogen) atoms. The number of alkyl halides is 3. The second-order valence-electron chi connectivity index (χ2n) is 3.66. The summed E-state index contributed by atoms with van der Waals surface area (Å²) in [6.45, 7) is 0. The zero-order chi connectivity index (χ0) is 11.2. The first-order valence-corrected chi connectivity index (χ1v) is 4.52. The maximum Gasteiger partial charge on any atom is 0.418 e. The van der Waals surface area contributed by atoms with Crippen LogP contribution in [0.5, 0.6) is 0 Å². The number of halogens is 3. The summed E-state index contributed by atoms with van der Waals surface area (Å²) in [5.41, 5.74) is 10.3. The smallest absolute Gasteiger partial charge is 0.396 e. The number of nitrogen functional groups attached to an aromatic ring is 2. The summed E-state index contributed by atoms with van der Waals surface area (Å²) >= 11 is 0. The largest absolute Gasteiger partial charge is 0.418 e. The van der Waals surface area contributed by atoms with Crippen LogP contribution in [0.3, 0.4) is 0 Å². The monoisotopic (exact) mass is 217 g/mol. The van der Waals surface area contributed by atoms with Crippen molar-refractivity contribution in [1.82, 2.24) is 4.98 Å². The lowest BCUT2D eigenvalue weighted by molar-refractivity contribution is -0.138. The van der Waals surface area contributed by atoms with Crippen LogP contribution in [-0.2, 0) is 6.18 Å². The molecule has 2 rings (SSSR count). The summed E-state index contributed by atoms with van der Waals surface area (Å²) < 4.78 is 37.8. The van der Waals surface area contributed by atoms with E-state index in [1.165, 1.54) is 0 Å². The molecule has 0 aliphatic heterocycles. The van der Waals surface area contributed by atoms with E-state index in [4.69, 9.17) is 11.5 Å². The Kier molecular flexibility index (Phi) is 2.02. The molecular formula is C9H10F3N3. The van der Waals surface area contributed by atoms with Crippen molar-refractivity contribution in [2.24, 2.45) is 0 Å². The molecule has 1 saturated carbocycles. The highest BCUT2D eigenvalue weighted by Gasteiger charge is 2.40. The lowest BCUT2D eigenvalue weighted by atomic mass is 10.0. The lowest BCUT2D eigenvalue weighted by Gasteiger charge is -2.14. The van der Waals surface area contributed by atoms with Gasteiger partial charge in [0.25, 0.3) is 0 Å². The van der Waals surface area contributed by atoms with E-state index in [2.05, 4.69) is 4.98 Å². The summed E-state index contributed by atoms with van der Waals surface area (Å²) in [5, 5.41) is 0. The normalized spacial score (nSPS) is 16.7. The van der Waals surface area contributed by atoms with Crippen molar-refractivity contribution >= 4 is 11.5 Å². The number of aromatic nitrogens is 1. The van der Waals surface area contributed by atoms with Crippen molar-refractivity contribution in [3.05, 3.63) is 17.3 Å². The molecule has 82 valence electrons. The third-order valence-corrected chi connectivity index (χ3v) is 2.48. The minimum absolute atomic E-state index is 0.0210. The molecular weight excluding hydrogens is 207 g/mol. The molecule has 1 aromatic rings. The molecule has 1 heterocycles. The van der Waals surface area contributed by atoms with E-state index >= 15 is 0 Å². The zero-order valence-electron chi connectivity index (χ0n) is 7.80. The van der Waals surface area contributed by atoms with Gasteiger partial charge in [-0.25, -0.2) is 4.98 Å². The van der Waals surface area contributed by atoms with Crippen LogP contribution in [0.2, 0.25) is 0 Å². The Morgan fingerprint density at radius 2 is 1.87 bits per heavy atom. The van der Waals surface area contributed by atoms with Crippen LogP contribution in [0, 0.1) is 0 Å². The van der Waals surface area contributed by atoms with Gasteiger partial charge in [-0.15, -0.1) is 0 Å². The van der Waals surface area contributed by atoms with Crippen LogP contribution in [0.1, 0.15) is 29.9 Å². The average molecular weight is 217 g/mol. The van der Waals surface area contributed by atoms with E-state index in [0.717, 1.165) is 19.0 Å². The van der Waals surface area contributed by atoms with Gasteiger partial charge in [0.15, 0.2) is 0 Å². The van der Waals surface area contributed by atoms with Crippen LogP contribution in [-0.4, -0.2) is 4.98 Å². The van der Waals surface area contributed by atoms with Gasteiger partial charge in [0.05, 0.1) is 11.3 Å². The number of anilines is 2. The summed E-state index contributed by atoms with van der Waals surface area (Å²) in [6.07, 6.45) is -2.18. The predicted octanol–water partition coefficient (Wildman–Crippen LogP) is 2.14. The van der Waals surface area contributed by atoms with Crippen molar-refractivity contribution in [2.75, 3.05) is 11.5 Å². The maximum atomic E-state index is 12.6. The molecule has 4 N–H and O–H groups in total. The fourth-order valence-corrected chi connectivity index (χ4v) is 1.59.